The van der Waals surface area contributed by atoms with Crippen LogP contribution < -0.4 is 5.32 Å². The summed E-state index contributed by atoms with van der Waals surface area (Å²) in [6, 6.07) is 21.2. The lowest BCUT2D eigenvalue weighted by Crippen LogP contribution is -2.29. The number of fused-ring (bicyclic) bond motifs is 1. The summed E-state index contributed by atoms with van der Waals surface area (Å²) in [5, 5.41) is 24.4. The van der Waals surface area contributed by atoms with Crippen LogP contribution >= 0.6 is 22.6 Å². The average Bonchev–Trinajstić information content (AvgIpc) is 3.67. The first kappa shape index (κ1) is 24.6. The van der Waals surface area contributed by atoms with E-state index in [9.17, 15) is 10.2 Å². The van der Waals surface area contributed by atoms with Gasteiger partial charge in [0.15, 0.2) is 40.6 Å². The lowest BCUT2D eigenvalue weighted by Gasteiger charge is -2.18. The number of hydrogen-bond acceptors (Lipinski definition) is 8. The van der Waals surface area contributed by atoms with Crippen molar-refractivity contribution in [2.24, 2.45) is 0 Å². The summed E-state index contributed by atoms with van der Waals surface area (Å²) in [6.45, 7) is 0.477. The van der Waals surface area contributed by atoms with Crippen molar-refractivity contribution in [3.05, 3.63) is 93.5 Å². The number of anilines is 1. The highest BCUT2D eigenvalue weighted by Gasteiger charge is 2.38. The fraction of sp³-hybridized carbons (Fsp3) is 0.179. The van der Waals surface area contributed by atoms with Gasteiger partial charge in [0.1, 0.15) is 12.2 Å². The number of aliphatic hydroxyl groups excluding tert-OH is 2. The van der Waals surface area contributed by atoms with E-state index in [4.69, 9.17) is 24.1 Å². The zero-order chi connectivity index (χ0) is 26.1. The number of imidazole rings is 1. The van der Waals surface area contributed by atoms with Gasteiger partial charge in [-0.25, -0.2) is 15.0 Å². The maximum Gasteiger partial charge on any atom is 0.199 e. The SMILES string of the molecule is O[C@@H]1[C@H](O)CO[C@H]1n1c(C#Cc2ccccc2)nc2c(NCc3cccc(I)c3)nc(-c3ccco3)nc21. The van der Waals surface area contributed by atoms with E-state index >= 15 is 0 Å². The Labute approximate surface area is 231 Å². The van der Waals surface area contributed by atoms with Crippen molar-refractivity contribution >= 4 is 39.6 Å². The first-order valence-electron chi connectivity index (χ1n) is 11.9. The molecule has 2 aromatic carbocycles. The Balaban J connectivity index is 1.52. The van der Waals surface area contributed by atoms with Crippen molar-refractivity contribution in [1.29, 1.82) is 0 Å². The minimum Gasteiger partial charge on any atom is -0.461 e. The summed E-state index contributed by atoms with van der Waals surface area (Å²) in [7, 11) is 0. The van der Waals surface area contributed by atoms with E-state index in [1.807, 2.05) is 48.5 Å². The zero-order valence-electron chi connectivity index (χ0n) is 20.0. The third-order valence-electron chi connectivity index (χ3n) is 6.10. The zero-order valence-corrected chi connectivity index (χ0v) is 22.1. The van der Waals surface area contributed by atoms with Crippen molar-refractivity contribution in [2.75, 3.05) is 11.9 Å². The summed E-state index contributed by atoms with van der Waals surface area (Å²) in [5.41, 5.74) is 2.73. The van der Waals surface area contributed by atoms with Gasteiger partial charge < -0.3 is 24.7 Å². The van der Waals surface area contributed by atoms with Crippen LogP contribution in [0.5, 0.6) is 0 Å². The number of ether oxygens (including phenoxy) is 1. The van der Waals surface area contributed by atoms with Gasteiger partial charge in [-0.3, -0.25) is 4.57 Å². The van der Waals surface area contributed by atoms with Crippen LogP contribution in [-0.2, 0) is 11.3 Å². The van der Waals surface area contributed by atoms with Gasteiger partial charge in [0, 0.05) is 15.7 Å². The predicted molar refractivity (Wildman–Crippen MR) is 149 cm³/mol. The molecule has 0 saturated carbocycles. The van der Waals surface area contributed by atoms with Crippen LogP contribution in [0.25, 0.3) is 22.7 Å². The molecular weight excluding hydrogens is 597 g/mol. The van der Waals surface area contributed by atoms with E-state index in [1.54, 1.807) is 23.0 Å². The molecule has 1 aliphatic heterocycles. The lowest BCUT2D eigenvalue weighted by atomic mass is 10.2. The minimum atomic E-state index is -1.19. The molecule has 0 unspecified atom stereocenters. The van der Waals surface area contributed by atoms with Crippen LogP contribution in [0.2, 0.25) is 0 Å². The highest BCUT2D eigenvalue weighted by Crippen LogP contribution is 2.33. The predicted octanol–water partition coefficient (Wildman–Crippen LogP) is 3.95. The van der Waals surface area contributed by atoms with Crippen LogP contribution in [0.15, 0.2) is 77.4 Å². The Morgan fingerprint density at radius 3 is 2.61 bits per heavy atom. The molecular formula is C28H22IN5O4. The number of nitrogens with one attached hydrogen (secondary N) is 1. The molecule has 3 atom stereocenters. The fourth-order valence-corrected chi connectivity index (χ4v) is 4.84. The number of rotatable bonds is 5. The number of hydrogen-bond donors (Lipinski definition) is 3. The summed E-state index contributed by atoms with van der Waals surface area (Å²) >= 11 is 2.28. The van der Waals surface area contributed by atoms with E-state index in [0.717, 1.165) is 14.7 Å². The lowest BCUT2D eigenvalue weighted by molar-refractivity contribution is -0.0167. The molecule has 4 heterocycles. The minimum absolute atomic E-state index is 0.0229. The normalized spacial score (nSPS) is 18.9. The van der Waals surface area contributed by atoms with Gasteiger partial charge in [0.25, 0.3) is 0 Å². The molecule has 3 aromatic heterocycles. The molecule has 9 nitrogen and oxygen atoms in total. The van der Waals surface area contributed by atoms with E-state index in [2.05, 4.69) is 45.8 Å². The highest BCUT2D eigenvalue weighted by atomic mass is 127. The van der Waals surface area contributed by atoms with Gasteiger partial charge in [-0.15, -0.1) is 0 Å². The Morgan fingerprint density at radius 1 is 1.00 bits per heavy atom. The van der Waals surface area contributed by atoms with E-state index < -0.39 is 18.4 Å². The maximum absolute atomic E-state index is 10.7. The maximum atomic E-state index is 10.7. The number of aliphatic hydroxyl groups is 2. The van der Waals surface area contributed by atoms with Crippen LogP contribution in [0.4, 0.5) is 5.82 Å². The molecule has 5 aromatic rings. The van der Waals surface area contributed by atoms with E-state index in [0.29, 0.717) is 40.9 Å². The van der Waals surface area contributed by atoms with Gasteiger partial charge in [-0.2, -0.15) is 0 Å². The van der Waals surface area contributed by atoms with Crippen molar-refractivity contribution in [3.8, 4) is 23.4 Å². The molecule has 1 aliphatic rings. The molecule has 1 fully saturated rings. The third kappa shape index (κ3) is 4.89. The second kappa shape index (κ2) is 10.5. The van der Waals surface area contributed by atoms with Gasteiger partial charge >= 0.3 is 0 Å². The van der Waals surface area contributed by atoms with E-state index in [-0.39, 0.29) is 6.61 Å². The average molecular weight is 619 g/mol. The molecule has 6 rings (SSSR count). The second-order valence-electron chi connectivity index (χ2n) is 8.73. The van der Waals surface area contributed by atoms with Crippen LogP contribution in [0.3, 0.4) is 0 Å². The summed E-state index contributed by atoms with van der Waals surface area (Å²) in [4.78, 5) is 14.2. The van der Waals surface area contributed by atoms with Gasteiger partial charge in [-0.1, -0.05) is 36.3 Å². The number of nitrogens with zero attached hydrogens (tertiary/aromatic N) is 4. The molecule has 0 amide bonds. The van der Waals surface area contributed by atoms with Crippen LogP contribution in [0, 0.1) is 15.4 Å². The molecule has 190 valence electrons. The number of furan rings is 1. The first-order valence-corrected chi connectivity index (χ1v) is 13.0. The van der Waals surface area contributed by atoms with Crippen molar-refractivity contribution in [3.63, 3.8) is 0 Å². The second-order valence-corrected chi connectivity index (χ2v) is 9.98. The first-order chi connectivity index (χ1) is 18.6. The molecule has 3 N–H and O–H groups in total. The van der Waals surface area contributed by atoms with Crippen molar-refractivity contribution < 1.29 is 19.4 Å². The Hall–Kier alpha value is -3.76. The van der Waals surface area contributed by atoms with Gasteiger partial charge in [-0.05, 0) is 70.5 Å². The summed E-state index contributed by atoms with van der Waals surface area (Å²) in [5.74, 6) is 7.84. The quantitative estimate of drug-likeness (QED) is 0.200. The fourth-order valence-electron chi connectivity index (χ4n) is 4.24. The summed E-state index contributed by atoms with van der Waals surface area (Å²) < 4.78 is 14.1. The van der Waals surface area contributed by atoms with E-state index in [1.165, 1.54) is 0 Å². The Morgan fingerprint density at radius 2 is 1.87 bits per heavy atom. The largest absolute Gasteiger partial charge is 0.461 e. The topological polar surface area (TPSA) is 118 Å². The van der Waals surface area contributed by atoms with Crippen molar-refractivity contribution in [2.45, 2.75) is 25.0 Å². The Kier molecular flexibility index (Phi) is 6.82. The molecule has 0 radical (unpaired) electrons. The highest BCUT2D eigenvalue weighted by molar-refractivity contribution is 14.1. The third-order valence-corrected chi connectivity index (χ3v) is 6.77. The summed E-state index contributed by atoms with van der Waals surface area (Å²) in [6.07, 6.45) is -1.61. The Bertz CT molecular complexity index is 1640. The smallest absolute Gasteiger partial charge is 0.199 e. The molecule has 0 bridgehead atoms. The number of halogens is 1. The molecule has 1 saturated heterocycles. The monoisotopic (exact) mass is 619 g/mol. The molecule has 0 aliphatic carbocycles. The number of benzene rings is 2. The molecule has 38 heavy (non-hydrogen) atoms. The van der Waals surface area contributed by atoms with Crippen LogP contribution in [0.1, 0.15) is 23.2 Å². The van der Waals surface area contributed by atoms with Crippen molar-refractivity contribution in [1.82, 2.24) is 19.5 Å². The number of aromatic nitrogens is 4. The molecule has 0 spiro atoms. The standard InChI is InChI=1S/C28H22IN5O4/c29-19-9-4-8-18(14-19)15-30-26-23-27(33-25(32-26)21-10-5-13-37-21)34(28-24(36)20(35)16-38-28)22(31-23)12-11-17-6-2-1-3-7-17/h1-10,13-14,20,24,28,35-36H,15-16H2,(H,30,32,33)/t20-,24-,28-/m1/s1. The van der Waals surface area contributed by atoms with Gasteiger partial charge in [0.2, 0.25) is 0 Å². The molecule has 10 heteroatoms. The van der Waals surface area contributed by atoms with Crippen LogP contribution in [-0.4, -0.2) is 48.5 Å². The van der Waals surface area contributed by atoms with Gasteiger partial charge in [0.05, 0.1) is 12.9 Å².